The summed E-state index contributed by atoms with van der Waals surface area (Å²) >= 11 is 0. The Labute approximate surface area is 263 Å². The second-order valence-corrected chi connectivity index (χ2v) is 11.0. The van der Waals surface area contributed by atoms with Crippen molar-refractivity contribution in [3.63, 3.8) is 0 Å². The molecule has 2 saturated heterocycles. The van der Waals surface area contributed by atoms with Crippen molar-refractivity contribution in [2.75, 3.05) is 60.7 Å². The first kappa shape index (κ1) is 31.9. The van der Waals surface area contributed by atoms with Gasteiger partial charge in [-0.25, -0.2) is 0 Å². The quantitative estimate of drug-likeness (QED) is 0.175. The van der Waals surface area contributed by atoms with Crippen molar-refractivity contribution in [1.82, 2.24) is 9.80 Å². The second-order valence-electron chi connectivity index (χ2n) is 11.0. The van der Waals surface area contributed by atoms with Gasteiger partial charge in [0.1, 0.15) is 18.1 Å². The maximum Gasteiger partial charge on any atom is 0.295 e. The Bertz CT molecular complexity index is 1520. The van der Waals surface area contributed by atoms with Crippen molar-refractivity contribution in [1.29, 1.82) is 0 Å². The van der Waals surface area contributed by atoms with Crippen LogP contribution >= 0.6 is 0 Å². The molecule has 1 amide bonds. The number of nitrogens with zero attached hydrogens (tertiary/aromatic N) is 2. The number of amides is 1. The number of benzene rings is 3. The lowest BCUT2D eigenvalue weighted by Crippen LogP contribution is -2.39. The fraction of sp³-hybridized carbons (Fsp3) is 0.371. The molecule has 2 heterocycles. The van der Waals surface area contributed by atoms with Gasteiger partial charge in [-0.15, -0.1) is 0 Å². The van der Waals surface area contributed by atoms with Crippen LogP contribution in [-0.2, 0) is 20.9 Å². The molecule has 0 aliphatic carbocycles. The van der Waals surface area contributed by atoms with Gasteiger partial charge in [-0.05, 0) is 60.4 Å². The first-order valence-corrected chi connectivity index (χ1v) is 15.0. The number of rotatable bonds is 12. The van der Waals surface area contributed by atoms with Gasteiger partial charge in [-0.2, -0.15) is 0 Å². The molecule has 1 atom stereocenters. The second kappa shape index (κ2) is 14.5. The lowest BCUT2D eigenvalue weighted by molar-refractivity contribution is -0.140. The van der Waals surface area contributed by atoms with Gasteiger partial charge in [-0.3, -0.25) is 14.5 Å². The molecule has 3 aromatic carbocycles. The number of aryl methyl sites for hydroxylation is 1. The minimum Gasteiger partial charge on any atom is -0.507 e. The molecule has 238 valence electrons. The molecule has 3 aromatic rings. The molecule has 1 N–H and O–H groups in total. The number of methoxy groups -OCH3 is 3. The molecule has 0 radical (unpaired) electrons. The normalized spacial score (nSPS) is 18.2. The Hall–Kier alpha value is -4.54. The fourth-order valence-electron chi connectivity index (χ4n) is 5.86. The Morgan fingerprint density at radius 1 is 0.889 bits per heavy atom. The molecular formula is C35H40N2O8. The van der Waals surface area contributed by atoms with Gasteiger partial charge in [0.2, 0.25) is 5.75 Å². The zero-order valence-electron chi connectivity index (χ0n) is 26.2. The van der Waals surface area contributed by atoms with Crippen LogP contribution in [0.4, 0.5) is 0 Å². The van der Waals surface area contributed by atoms with Crippen molar-refractivity contribution in [3.05, 3.63) is 88.5 Å². The smallest absolute Gasteiger partial charge is 0.295 e. The summed E-state index contributed by atoms with van der Waals surface area (Å²) in [6.45, 7) is 6.31. The molecule has 0 bridgehead atoms. The van der Waals surface area contributed by atoms with E-state index in [2.05, 4.69) is 4.90 Å². The van der Waals surface area contributed by atoms with Crippen LogP contribution in [0.25, 0.3) is 5.76 Å². The minimum atomic E-state index is -0.877. The monoisotopic (exact) mass is 616 g/mol. The summed E-state index contributed by atoms with van der Waals surface area (Å²) in [5.74, 6) is 0.106. The number of likely N-dealkylation sites (tertiary alicyclic amines) is 1. The molecule has 2 aliphatic rings. The average Bonchev–Trinajstić information content (AvgIpc) is 3.32. The summed E-state index contributed by atoms with van der Waals surface area (Å²) in [5, 5.41) is 11.7. The number of aliphatic hydroxyl groups is 1. The van der Waals surface area contributed by atoms with Gasteiger partial charge in [0.15, 0.2) is 11.5 Å². The van der Waals surface area contributed by atoms with E-state index in [0.717, 1.165) is 30.8 Å². The summed E-state index contributed by atoms with van der Waals surface area (Å²) in [6, 6.07) is 17.6. The van der Waals surface area contributed by atoms with E-state index in [-0.39, 0.29) is 11.3 Å². The minimum absolute atomic E-state index is 0.00185. The lowest BCUT2D eigenvalue weighted by Gasteiger charge is -2.29. The molecule has 10 heteroatoms. The molecule has 0 unspecified atom stereocenters. The molecule has 0 spiro atoms. The van der Waals surface area contributed by atoms with E-state index in [4.69, 9.17) is 23.7 Å². The average molecular weight is 617 g/mol. The zero-order chi connectivity index (χ0) is 31.9. The maximum absolute atomic E-state index is 13.7. The third-order valence-corrected chi connectivity index (χ3v) is 8.21. The number of ether oxygens (including phenoxy) is 5. The third-order valence-electron chi connectivity index (χ3n) is 8.21. The zero-order valence-corrected chi connectivity index (χ0v) is 26.2. The van der Waals surface area contributed by atoms with Gasteiger partial charge < -0.3 is 33.7 Å². The van der Waals surface area contributed by atoms with Crippen LogP contribution in [-0.4, -0.2) is 87.3 Å². The van der Waals surface area contributed by atoms with Gasteiger partial charge in [0.25, 0.3) is 11.7 Å². The van der Waals surface area contributed by atoms with Crippen molar-refractivity contribution >= 4 is 17.4 Å². The first-order valence-electron chi connectivity index (χ1n) is 15.0. The topological polar surface area (TPSA) is 107 Å². The van der Waals surface area contributed by atoms with E-state index in [1.165, 1.54) is 26.2 Å². The van der Waals surface area contributed by atoms with Crippen LogP contribution in [0.5, 0.6) is 23.0 Å². The van der Waals surface area contributed by atoms with Gasteiger partial charge >= 0.3 is 0 Å². The number of hydrogen-bond acceptors (Lipinski definition) is 9. The Morgan fingerprint density at radius 2 is 1.58 bits per heavy atom. The number of Topliss-reactive ketones (excluding diaryl/α,β-unsaturated/α-hetero) is 1. The standard InChI is InChI=1S/C35H40N2O8/c1-23-19-25(11-12-27(23)45-22-24-9-6-5-7-10-24)32(38)30-31(26-20-28(41-2)34(43-4)29(21-26)42-3)37(35(40)33(30)39)14-8-13-36-15-17-44-18-16-36/h5-7,9-12,19-21,31,38H,8,13-18,22H2,1-4H3/t31-/m1/s1. The van der Waals surface area contributed by atoms with Gasteiger partial charge in [-0.1, -0.05) is 30.3 Å². The predicted molar refractivity (Wildman–Crippen MR) is 169 cm³/mol. The molecule has 2 aliphatic heterocycles. The highest BCUT2D eigenvalue weighted by atomic mass is 16.5. The highest BCUT2D eigenvalue weighted by Gasteiger charge is 2.46. The number of hydrogen-bond donors (Lipinski definition) is 1. The van der Waals surface area contributed by atoms with Crippen LogP contribution in [0.15, 0.2) is 66.2 Å². The molecular weight excluding hydrogens is 576 g/mol. The van der Waals surface area contributed by atoms with Crippen LogP contribution < -0.4 is 18.9 Å². The lowest BCUT2D eigenvalue weighted by atomic mass is 9.94. The highest BCUT2D eigenvalue weighted by Crippen LogP contribution is 2.46. The summed E-state index contributed by atoms with van der Waals surface area (Å²) in [7, 11) is 4.52. The summed E-state index contributed by atoms with van der Waals surface area (Å²) in [4.78, 5) is 31.1. The van der Waals surface area contributed by atoms with E-state index < -0.39 is 17.7 Å². The number of carbonyl (C=O) groups is 2. The Kier molecular flexibility index (Phi) is 10.3. The summed E-state index contributed by atoms with van der Waals surface area (Å²) in [6.07, 6.45) is 0.639. The number of carbonyl (C=O) groups excluding carboxylic acids is 2. The van der Waals surface area contributed by atoms with E-state index in [1.807, 2.05) is 37.3 Å². The molecule has 0 aromatic heterocycles. The molecule has 2 fully saturated rings. The maximum atomic E-state index is 13.7. The van der Waals surface area contributed by atoms with Crippen molar-refractivity contribution in [2.45, 2.75) is 26.0 Å². The predicted octanol–water partition coefficient (Wildman–Crippen LogP) is 4.74. The van der Waals surface area contributed by atoms with Crippen LogP contribution in [0.2, 0.25) is 0 Å². The van der Waals surface area contributed by atoms with Crippen molar-refractivity contribution in [2.24, 2.45) is 0 Å². The SMILES string of the molecule is COc1cc([C@@H]2C(=C(O)c3ccc(OCc4ccccc4)c(C)c3)C(=O)C(=O)N2CCCN2CCOCC2)cc(OC)c1OC. The van der Waals surface area contributed by atoms with Crippen molar-refractivity contribution < 1.29 is 38.4 Å². The first-order chi connectivity index (χ1) is 21.9. The fourth-order valence-corrected chi connectivity index (χ4v) is 5.86. The van der Waals surface area contributed by atoms with Crippen molar-refractivity contribution in [3.8, 4) is 23.0 Å². The number of ketones is 1. The number of morpholine rings is 1. The third kappa shape index (κ3) is 6.92. The largest absolute Gasteiger partial charge is 0.507 e. The Morgan fingerprint density at radius 3 is 2.20 bits per heavy atom. The van der Waals surface area contributed by atoms with Crippen LogP contribution in [0.1, 0.15) is 34.7 Å². The molecule has 45 heavy (non-hydrogen) atoms. The Balaban J connectivity index is 1.51. The van der Waals surface area contributed by atoms with E-state index in [0.29, 0.717) is 66.9 Å². The summed E-state index contributed by atoms with van der Waals surface area (Å²) < 4.78 is 28.2. The molecule has 10 nitrogen and oxygen atoms in total. The van der Waals surface area contributed by atoms with Crippen LogP contribution in [0.3, 0.4) is 0 Å². The highest BCUT2D eigenvalue weighted by molar-refractivity contribution is 6.46. The molecule has 0 saturated carbocycles. The van der Waals surface area contributed by atoms with E-state index in [1.54, 1.807) is 30.3 Å². The number of aliphatic hydroxyl groups excluding tert-OH is 1. The van der Waals surface area contributed by atoms with E-state index >= 15 is 0 Å². The van der Waals surface area contributed by atoms with Gasteiger partial charge in [0, 0.05) is 31.7 Å². The molecule has 5 rings (SSSR count). The summed E-state index contributed by atoms with van der Waals surface area (Å²) in [5.41, 5.74) is 2.76. The van der Waals surface area contributed by atoms with E-state index in [9.17, 15) is 14.7 Å². The van der Waals surface area contributed by atoms with Gasteiger partial charge in [0.05, 0.1) is 46.2 Å². The van der Waals surface area contributed by atoms with Crippen LogP contribution in [0, 0.1) is 6.92 Å².